The van der Waals surface area contributed by atoms with E-state index in [0.29, 0.717) is 17.0 Å². The molecule has 1 aliphatic rings. The van der Waals surface area contributed by atoms with E-state index in [2.05, 4.69) is 29.1 Å². The van der Waals surface area contributed by atoms with E-state index in [1.807, 2.05) is 13.0 Å². The lowest BCUT2D eigenvalue weighted by molar-refractivity contribution is 0.0701. The Hall–Kier alpha value is -1.88. The largest absolute Gasteiger partial charge is 0.477 e. The van der Waals surface area contributed by atoms with Crippen molar-refractivity contribution in [1.29, 1.82) is 0 Å². The molecule has 104 valence electrons. The summed E-state index contributed by atoms with van der Waals surface area (Å²) in [6.45, 7) is 2.97. The summed E-state index contributed by atoms with van der Waals surface area (Å²) in [5.74, 6) is -0.883. The van der Waals surface area contributed by atoms with Gasteiger partial charge < -0.3 is 10.0 Å². The maximum Gasteiger partial charge on any atom is 0.347 e. The van der Waals surface area contributed by atoms with Gasteiger partial charge in [0.1, 0.15) is 9.88 Å². The maximum absolute atomic E-state index is 11.2. The Morgan fingerprint density at radius 1 is 1.50 bits per heavy atom. The van der Waals surface area contributed by atoms with Crippen molar-refractivity contribution in [1.82, 2.24) is 4.98 Å². The Balaban J connectivity index is 2.04. The molecule has 0 bridgehead atoms. The molecule has 3 rings (SSSR count). The molecule has 4 nitrogen and oxygen atoms in total. The Morgan fingerprint density at radius 2 is 2.30 bits per heavy atom. The van der Waals surface area contributed by atoms with Crippen molar-refractivity contribution in [3.05, 3.63) is 34.3 Å². The highest BCUT2D eigenvalue weighted by Gasteiger charge is 2.20. The van der Waals surface area contributed by atoms with Crippen LogP contribution in [0.5, 0.6) is 0 Å². The highest BCUT2D eigenvalue weighted by molar-refractivity contribution is 7.17. The molecular weight excluding hydrogens is 272 g/mol. The molecule has 2 aromatic rings. The standard InChI is InChI=1S/C15H16N2O2S/c1-3-11-13(15(18)19)20-14(16-11)10-4-5-12-9(8-10)6-7-17(12)2/h4-5,8H,3,6-7H2,1-2H3,(H,18,19). The molecule has 0 saturated heterocycles. The molecule has 0 saturated carbocycles. The molecule has 0 radical (unpaired) electrons. The summed E-state index contributed by atoms with van der Waals surface area (Å²) in [5.41, 5.74) is 4.27. The van der Waals surface area contributed by atoms with Crippen molar-refractivity contribution < 1.29 is 9.90 Å². The summed E-state index contributed by atoms with van der Waals surface area (Å²) in [6.07, 6.45) is 1.68. The topological polar surface area (TPSA) is 53.4 Å². The summed E-state index contributed by atoms with van der Waals surface area (Å²) in [7, 11) is 2.09. The van der Waals surface area contributed by atoms with Gasteiger partial charge in [0.05, 0.1) is 5.69 Å². The molecule has 0 amide bonds. The second kappa shape index (κ2) is 4.90. The van der Waals surface area contributed by atoms with E-state index in [-0.39, 0.29) is 0 Å². The zero-order valence-electron chi connectivity index (χ0n) is 11.5. The van der Waals surface area contributed by atoms with Crippen molar-refractivity contribution >= 4 is 23.0 Å². The Bertz CT molecular complexity index is 679. The first-order valence-electron chi connectivity index (χ1n) is 6.67. The third kappa shape index (κ3) is 2.08. The summed E-state index contributed by atoms with van der Waals surface area (Å²) in [5, 5.41) is 10.0. The fourth-order valence-electron chi connectivity index (χ4n) is 2.58. The fraction of sp³-hybridized carbons (Fsp3) is 0.333. The lowest BCUT2D eigenvalue weighted by Gasteiger charge is -2.11. The number of nitrogens with zero attached hydrogens (tertiary/aromatic N) is 2. The van der Waals surface area contributed by atoms with Crippen molar-refractivity contribution in [2.45, 2.75) is 19.8 Å². The number of carboxylic acids is 1. The lowest BCUT2D eigenvalue weighted by atomic mass is 10.1. The molecular formula is C15H16N2O2S. The van der Waals surface area contributed by atoms with E-state index in [4.69, 9.17) is 0 Å². The first-order valence-corrected chi connectivity index (χ1v) is 7.49. The van der Waals surface area contributed by atoms with E-state index >= 15 is 0 Å². The molecule has 0 aliphatic carbocycles. The van der Waals surface area contributed by atoms with Gasteiger partial charge >= 0.3 is 5.97 Å². The molecule has 0 unspecified atom stereocenters. The first-order chi connectivity index (χ1) is 9.60. The van der Waals surface area contributed by atoms with Gasteiger partial charge in [0.25, 0.3) is 0 Å². The molecule has 1 aromatic heterocycles. The van der Waals surface area contributed by atoms with Crippen LogP contribution in [0.15, 0.2) is 18.2 Å². The minimum atomic E-state index is -0.883. The average Bonchev–Trinajstić information content (AvgIpc) is 3.02. The first kappa shape index (κ1) is 13.1. The van der Waals surface area contributed by atoms with Crippen molar-refractivity contribution in [3.8, 4) is 10.6 Å². The van der Waals surface area contributed by atoms with Crippen LogP contribution in [0.3, 0.4) is 0 Å². The number of carbonyl (C=O) groups is 1. The molecule has 1 aromatic carbocycles. The number of aryl methyl sites for hydroxylation is 1. The van der Waals surface area contributed by atoms with Crippen LogP contribution in [-0.2, 0) is 12.8 Å². The maximum atomic E-state index is 11.2. The number of benzene rings is 1. The van der Waals surface area contributed by atoms with Gasteiger partial charge in [-0.15, -0.1) is 11.3 Å². The van der Waals surface area contributed by atoms with E-state index < -0.39 is 5.97 Å². The van der Waals surface area contributed by atoms with E-state index in [9.17, 15) is 9.90 Å². The van der Waals surface area contributed by atoms with E-state index in [1.165, 1.54) is 22.6 Å². The van der Waals surface area contributed by atoms with Gasteiger partial charge in [-0.05, 0) is 36.6 Å². The number of carboxylic acid groups (broad SMARTS) is 1. The smallest absolute Gasteiger partial charge is 0.347 e. The van der Waals surface area contributed by atoms with E-state index in [1.54, 1.807) is 0 Å². The number of hydrogen-bond donors (Lipinski definition) is 1. The lowest BCUT2D eigenvalue weighted by Crippen LogP contribution is -2.12. The van der Waals surface area contributed by atoms with Crippen LogP contribution < -0.4 is 4.90 Å². The van der Waals surface area contributed by atoms with Gasteiger partial charge in [0, 0.05) is 24.8 Å². The SMILES string of the molecule is CCc1nc(-c2ccc3c(c2)CCN3C)sc1C(=O)O. The van der Waals surface area contributed by atoms with Crippen molar-refractivity contribution in [2.75, 3.05) is 18.5 Å². The highest BCUT2D eigenvalue weighted by atomic mass is 32.1. The Morgan fingerprint density at radius 3 is 2.95 bits per heavy atom. The number of aromatic nitrogens is 1. The zero-order chi connectivity index (χ0) is 14.3. The molecule has 0 fully saturated rings. The third-order valence-corrected chi connectivity index (χ3v) is 4.82. The van der Waals surface area contributed by atoms with Gasteiger partial charge in [-0.2, -0.15) is 0 Å². The summed E-state index contributed by atoms with van der Waals surface area (Å²) in [4.78, 5) is 18.3. The number of likely N-dealkylation sites (N-methyl/N-ethyl adjacent to an activating group) is 1. The van der Waals surface area contributed by atoms with Gasteiger partial charge in [0.2, 0.25) is 0 Å². The van der Waals surface area contributed by atoms with Crippen LogP contribution in [0, 0.1) is 0 Å². The third-order valence-electron chi connectivity index (χ3n) is 3.68. The predicted octanol–water partition coefficient (Wildman–Crippen LogP) is 3.06. The minimum absolute atomic E-state index is 0.361. The number of hydrogen-bond acceptors (Lipinski definition) is 4. The van der Waals surface area contributed by atoms with Crippen LogP contribution in [0.1, 0.15) is 27.9 Å². The molecule has 20 heavy (non-hydrogen) atoms. The fourth-order valence-corrected chi connectivity index (χ4v) is 3.57. The molecule has 2 heterocycles. The highest BCUT2D eigenvalue weighted by Crippen LogP contribution is 2.34. The van der Waals surface area contributed by atoms with Gasteiger partial charge in [0.15, 0.2) is 0 Å². The second-order valence-corrected chi connectivity index (χ2v) is 5.97. The summed E-state index contributed by atoms with van der Waals surface area (Å²) >= 11 is 1.27. The Labute approximate surface area is 121 Å². The van der Waals surface area contributed by atoms with Crippen molar-refractivity contribution in [3.63, 3.8) is 0 Å². The molecule has 5 heteroatoms. The van der Waals surface area contributed by atoms with Gasteiger partial charge in [-0.25, -0.2) is 9.78 Å². The zero-order valence-corrected chi connectivity index (χ0v) is 12.3. The van der Waals surface area contributed by atoms with E-state index in [0.717, 1.165) is 23.5 Å². The quantitative estimate of drug-likeness (QED) is 0.943. The van der Waals surface area contributed by atoms with Crippen LogP contribution in [0.4, 0.5) is 5.69 Å². The average molecular weight is 288 g/mol. The molecule has 0 spiro atoms. The van der Waals surface area contributed by atoms with Crippen LogP contribution in [-0.4, -0.2) is 29.7 Å². The van der Waals surface area contributed by atoms with Gasteiger partial charge in [-0.3, -0.25) is 0 Å². The number of fused-ring (bicyclic) bond motifs is 1. The normalized spacial score (nSPS) is 13.6. The Kier molecular flexibility index (Phi) is 3.22. The van der Waals surface area contributed by atoms with Crippen LogP contribution in [0.2, 0.25) is 0 Å². The van der Waals surface area contributed by atoms with Crippen LogP contribution >= 0.6 is 11.3 Å². The monoisotopic (exact) mass is 288 g/mol. The number of aromatic carboxylic acids is 1. The summed E-state index contributed by atoms with van der Waals surface area (Å²) in [6, 6.07) is 6.28. The van der Waals surface area contributed by atoms with Gasteiger partial charge in [-0.1, -0.05) is 6.92 Å². The molecule has 1 N–H and O–H groups in total. The number of rotatable bonds is 3. The summed E-state index contributed by atoms with van der Waals surface area (Å²) < 4.78 is 0. The molecule has 1 aliphatic heterocycles. The minimum Gasteiger partial charge on any atom is -0.477 e. The van der Waals surface area contributed by atoms with Crippen molar-refractivity contribution in [2.24, 2.45) is 0 Å². The second-order valence-electron chi connectivity index (χ2n) is 4.97. The number of thiazole rings is 1. The number of anilines is 1. The molecule has 0 atom stereocenters. The van der Waals surface area contributed by atoms with Crippen LogP contribution in [0.25, 0.3) is 10.6 Å². The predicted molar refractivity (Wildman–Crippen MR) is 80.9 cm³/mol.